The fraction of sp³-hybridized carbons (Fsp3) is 0.100. The SMILES string of the molecule is Cc1cccc(-n2nccc2S(=O)(=O)F)c1. The molecule has 16 heavy (non-hydrogen) atoms. The number of rotatable bonds is 2. The quantitative estimate of drug-likeness (QED) is 0.752. The maximum absolute atomic E-state index is 12.9. The maximum Gasteiger partial charge on any atom is 0.349 e. The Kier molecular flexibility index (Phi) is 2.51. The highest BCUT2D eigenvalue weighted by Gasteiger charge is 2.18. The van der Waals surface area contributed by atoms with Gasteiger partial charge in [-0.1, -0.05) is 16.0 Å². The molecule has 4 nitrogen and oxygen atoms in total. The molecule has 1 aromatic heterocycles. The average molecular weight is 240 g/mol. The van der Waals surface area contributed by atoms with Gasteiger partial charge >= 0.3 is 10.2 Å². The van der Waals surface area contributed by atoms with Crippen molar-refractivity contribution in [3.63, 3.8) is 0 Å². The van der Waals surface area contributed by atoms with Gasteiger partial charge in [-0.05, 0) is 30.7 Å². The molecule has 0 unspecified atom stereocenters. The van der Waals surface area contributed by atoms with Crippen molar-refractivity contribution in [2.45, 2.75) is 11.9 Å². The molecular formula is C10H9FN2O2S. The fourth-order valence-corrected chi connectivity index (χ4v) is 2.01. The van der Waals surface area contributed by atoms with E-state index in [-0.39, 0.29) is 0 Å². The number of hydrogen-bond donors (Lipinski definition) is 0. The Labute approximate surface area is 92.5 Å². The zero-order chi connectivity index (χ0) is 11.8. The molecule has 0 spiro atoms. The second kappa shape index (κ2) is 3.71. The third-order valence-electron chi connectivity index (χ3n) is 2.10. The lowest BCUT2D eigenvalue weighted by atomic mass is 10.2. The van der Waals surface area contributed by atoms with Crippen molar-refractivity contribution in [1.82, 2.24) is 9.78 Å². The molecule has 0 radical (unpaired) electrons. The van der Waals surface area contributed by atoms with Crippen LogP contribution < -0.4 is 0 Å². The van der Waals surface area contributed by atoms with Crippen molar-refractivity contribution >= 4 is 10.2 Å². The van der Waals surface area contributed by atoms with Gasteiger partial charge in [-0.15, -0.1) is 0 Å². The van der Waals surface area contributed by atoms with Crippen LogP contribution in [-0.2, 0) is 10.2 Å². The molecule has 1 heterocycles. The topological polar surface area (TPSA) is 52.0 Å². The minimum absolute atomic E-state index is 0.460. The Hall–Kier alpha value is -1.69. The summed E-state index contributed by atoms with van der Waals surface area (Å²) in [6.07, 6.45) is 1.24. The molecule has 0 fully saturated rings. The fourth-order valence-electron chi connectivity index (χ4n) is 1.43. The summed E-state index contributed by atoms with van der Waals surface area (Å²) < 4.78 is 35.7. The standard InChI is InChI=1S/C10H9FN2O2S/c1-8-3-2-4-9(7-8)13-10(5-6-12-13)16(11,14)15/h2-7H,1H3. The van der Waals surface area contributed by atoms with Crippen LogP contribution >= 0.6 is 0 Å². The van der Waals surface area contributed by atoms with Gasteiger partial charge in [0.15, 0.2) is 5.03 Å². The third-order valence-corrected chi connectivity index (χ3v) is 2.91. The van der Waals surface area contributed by atoms with E-state index in [4.69, 9.17) is 0 Å². The molecule has 2 aromatic rings. The third kappa shape index (κ3) is 1.96. The largest absolute Gasteiger partial charge is 0.349 e. The van der Waals surface area contributed by atoms with Gasteiger partial charge in [0.1, 0.15) is 0 Å². The van der Waals surface area contributed by atoms with Crippen molar-refractivity contribution in [1.29, 1.82) is 0 Å². The van der Waals surface area contributed by atoms with Crippen LogP contribution in [0.1, 0.15) is 5.56 Å². The van der Waals surface area contributed by atoms with Crippen LogP contribution in [0.3, 0.4) is 0 Å². The Balaban J connectivity index is 2.62. The average Bonchev–Trinajstić information content (AvgIpc) is 2.65. The lowest BCUT2D eigenvalue weighted by Gasteiger charge is -2.04. The van der Waals surface area contributed by atoms with E-state index in [9.17, 15) is 12.3 Å². The second-order valence-electron chi connectivity index (χ2n) is 3.36. The molecule has 0 saturated carbocycles. The number of hydrogen-bond acceptors (Lipinski definition) is 3. The van der Waals surface area contributed by atoms with E-state index in [1.807, 2.05) is 13.0 Å². The molecule has 0 atom stereocenters. The van der Waals surface area contributed by atoms with Crippen molar-refractivity contribution in [3.05, 3.63) is 42.1 Å². The van der Waals surface area contributed by atoms with E-state index in [0.717, 1.165) is 16.3 Å². The first kappa shape index (κ1) is 10.8. The van der Waals surface area contributed by atoms with E-state index in [0.29, 0.717) is 5.69 Å². The summed E-state index contributed by atoms with van der Waals surface area (Å²) in [5, 5.41) is 3.33. The lowest BCUT2D eigenvalue weighted by molar-refractivity contribution is 0.541. The summed E-state index contributed by atoms with van der Waals surface area (Å²) in [6, 6.07) is 8.12. The minimum atomic E-state index is -4.75. The summed E-state index contributed by atoms with van der Waals surface area (Å²) >= 11 is 0. The van der Waals surface area contributed by atoms with Crippen LogP contribution in [0.2, 0.25) is 0 Å². The van der Waals surface area contributed by atoms with E-state index in [2.05, 4.69) is 5.10 Å². The van der Waals surface area contributed by atoms with Crippen LogP contribution in [-0.4, -0.2) is 18.2 Å². The summed E-state index contributed by atoms with van der Waals surface area (Å²) in [4.78, 5) is 0. The molecule has 0 aliphatic rings. The van der Waals surface area contributed by atoms with Gasteiger partial charge in [0, 0.05) is 0 Å². The lowest BCUT2D eigenvalue weighted by Crippen LogP contribution is -2.05. The number of halogens is 1. The number of nitrogens with zero attached hydrogens (tertiary/aromatic N) is 2. The number of aryl methyl sites for hydroxylation is 1. The molecule has 0 saturated heterocycles. The molecule has 0 aliphatic carbocycles. The van der Waals surface area contributed by atoms with Crippen LogP contribution in [0.4, 0.5) is 3.89 Å². The van der Waals surface area contributed by atoms with E-state index < -0.39 is 15.2 Å². The van der Waals surface area contributed by atoms with Gasteiger partial charge in [0.05, 0.1) is 11.9 Å². The summed E-state index contributed by atoms with van der Waals surface area (Å²) in [5.41, 5.74) is 1.46. The monoisotopic (exact) mass is 240 g/mol. The summed E-state index contributed by atoms with van der Waals surface area (Å²) in [5.74, 6) is 0. The molecule has 1 aromatic carbocycles. The highest BCUT2D eigenvalue weighted by Crippen LogP contribution is 2.17. The van der Waals surface area contributed by atoms with Gasteiger partial charge in [-0.25, -0.2) is 4.68 Å². The minimum Gasteiger partial charge on any atom is -0.220 e. The highest BCUT2D eigenvalue weighted by atomic mass is 32.3. The predicted octanol–water partition coefficient (Wildman–Crippen LogP) is 1.84. The van der Waals surface area contributed by atoms with Gasteiger partial charge in [0.2, 0.25) is 0 Å². The Morgan fingerprint density at radius 1 is 1.31 bits per heavy atom. The Morgan fingerprint density at radius 3 is 2.69 bits per heavy atom. The van der Waals surface area contributed by atoms with Gasteiger partial charge in [-0.3, -0.25) is 0 Å². The number of aromatic nitrogens is 2. The van der Waals surface area contributed by atoms with Crippen molar-refractivity contribution < 1.29 is 12.3 Å². The first-order valence-electron chi connectivity index (χ1n) is 4.54. The summed E-state index contributed by atoms with van der Waals surface area (Å²) in [7, 11) is -4.75. The predicted molar refractivity (Wildman–Crippen MR) is 56.6 cm³/mol. The Morgan fingerprint density at radius 2 is 2.06 bits per heavy atom. The van der Waals surface area contributed by atoms with Crippen LogP contribution in [0.5, 0.6) is 0 Å². The van der Waals surface area contributed by atoms with E-state index in [1.165, 1.54) is 6.20 Å². The second-order valence-corrected chi connectivity index (χ2v) is 4.65. The summed E-state index contributed by atoms with van der Waals surface area (Å²) in [6.45, 7) is 1.86. The molecule has 2 rings (SSSR count). The smallest absolute Gasteiger partial charge is 0.220 e. The van der Waals surface area contributed by atoms with Crippen molar-refractivity contribution in [2.75, 3.05) is 0 Å². The zero-order valence-electron chi connectivity index (χ0n) is 8.46. The molecule has 0 amide bonds. The van der Waals surface area contributed by atoms with Crippen molar-refractivity contribution in [2.24, 2.45) is 0 Å². The molecule has 6 heteroatoms. The molecular weight excluding hydrogens is 231 g/mol. The van der Waals surface area contributed by atoms with Gasteiger partial charge in [-0.2, -0.15) is 13.5 Å². The van der Waals surface area contributed by atoms with Crippen molar-refractivity contribution in [3.8, 4) is 5.69 Å². The first-order valence-corrected chi connectivity index (χ1v) is 5.92. The van der Waals surface area contributed by atoms with Crippen LogP contribution in [0, 0.1) is 6.92 Å². The van der Waals surface area contributed by atoms with E-state index in [1.54, 1.807) is 18.2 Å². The normalized spacial score (nSPS) is 11.6. The van der Waals surface area contributed by atoms with Crippen LogP contribution in [0.25, 0.3) is 5.69 Å². The maximum atomic E-state index is 12.9. The molecule has 0 N–H and O–H groups in total. The molecule has 84 valence electrons. The van der Waals surface area contributed by atoms with E-state index >= 15 is 0 Å². The van der Waals surface area contributed by atoms with Crippen LogP contribution in [0.15, 0.2) is 41.6 Å². The van der Waals surface area contributed by atoms with Gasteiger partial charge in [0.25, 0.3) is 0 Å². The highest BCUT2D eigenvalue weighted by molar-refractivity contribution is 7.86. The zero-order valence-corrected chi connectivity index (χ0v) is 9.28. The van der Waals surface area contributed by atoms with Gasteiger partial charge < -0.3 is 0 Å². The first-order chi connectivity index (χ1) is 7.48. The molecule has 0 aliphatic heterocycles. The number of benzene rings is 1. The molecule has 0 bridgehead atoms. The Bertz CT molecular complexity index is 619.